The second-order valence-electron chi connectivity index (χ2n) is 4.80. The Balaban J connectivity index is 1.88. The molecular weight excluding hydrogens is 292 g/mol. The van der Waals surface area contributed by atoms with E-state index in [1.165, 1.54) is 12.1 Å². The molecule has 0 saturated heterocycles. The number of nitro groups is 1. The number of para-hydroxylation sites is 1. The third-order valence-electron chi connectivity index (χ3n) is 3.44. The van der Waals surface area contributed by atoms with Crippen molar-refractivity contribution in [2.75, 3.05) is 11.9 Å². The van der Waals surface area contributed by atoms with Crippen LogP contribution in [0.2, 0.25) is 5.02 Å². The van der Waals surface area contributed by atoms with E-state index in [0.717, 1.165) is 17.7 Å². The number of nitrogens with zero attached hydrogens (tertiary/aromatic N) is 1. The molecular formula is C15H13ClN2O3. The summed E-state index contributed by atoms with van der Waals surface area (Å²) in [6, 6.07) is 12.6. The normalized spacial score (nSPS) is 16.7. The molecule has 2 aromatic rings. The highest BCUT2D eigenvalue weighted by Crippen LogP contribution is 2.35. The minimum atomic E-state index is -0.481. The standard InChI is InChI=1S/C15H13ClN2O3/c16-12-6-5-10(9-14(12)18(19)20)17-13-7-8-21-15-4-2-1-3-11(13)15/h1-6,9,13,17H,7-8H2. The topological polar surface area (TPSA) is 64.4 Å². The summed E-state index contributed by atoms with van der Waals surface area (Å²) < 4.78 is 5.60. The molecule has 1 unspecified atom stereocenters. The number of anilines is 1. The average Bonchev–Trinajstić information content (AvgIpc) is 2.49. The van der Waals surface area contributed by atoms with Crippen LogP contribution in [0.25, 0.3) is 0 Å². The number of nitrogens with one attached hydrogen (secondary N) is 1. The molecule has 0 fully saturated rings. The molecule has 2 aromatic carbocycles. The van der Waals surface area contributed by atoms with Gasteiger partial charge in [-0.15, -0.1) is 0 Å². The van der Waals surface area contributed by atoms with E-state index in [9.17, 15) is 10.1 Å². The summed E-state index contributed by atoms with van der Waals surface area (Å²) in [5.74, 6) is 0.852. The maximum Gasteiger partial charge on any atom is 0.289 e. The monoisotopic (exact) mass is 304 g/mol. The number of hydrogen-bond acceptors (Lipinski definition) is 4. The molecule has 21 heavy (non-hydrogen) atoms. The molecule has 5 nitrogen and oxygen atoms in total. The fourth-order valence-corrected chi connectivity index (χ4v) is 2.62. The van der Waals surface area contributed by atoms with Crippen molar-refractivity contribution < 1.29 is 9.66 Å². The molecule has 1 atom stereocenters. The summed E-state index contributed by atoms with van der Waals surface area (Å²) in [5.41, 5.74) is 1.64. The van der Waals surface area contributed by atoms with E-state index in [1.807, 2.05) is 24.3 Å². The maximum absolute atomic E-state index is 10.9. The summed E-state index contributed by atoms with van der Waals surface area (Å²) in [4.78, 5) is 10.5. The fraction of sp³-hybridized carbons (Fsp3) is 0.200. The van der Waals surface area contributed by atoms with E-state index in [4.69, 9.17) is 16.3 Å². The second kappa shape index (κ2) is 5.61. The molecule has 0 radical (unpaired) electrons. The first-order valence-electron chi connectivity index (χ1n) is 6.57. The molecule has 1 aliphatic rings. The number of halogens is 1. The number of nitro benzene ring substituents is 1. The van der Waals surface area contributed by atoms with E-state index in [-0.39, 0.29) is 16.8 Å². The van der Waals surface area contributed by atoms with Gasteiger partial charge in [-0.25, -0.2) is 0 Å². The molecule has 6 heteroatoms. The van der Waals surface area contributed by atoms with E-state index in [2.05, 4.69) is 5.32 Å². The number of benzene rings is 2. The molecule has 1 aliphatic heterocycles. The molecule has 3 rings (SSSR count). The van der Waals surface area contributed by atoms with E-state index in [0.29, 0.717) is 12.3 Å². The second-order valence-corrected chi connectivity index (χ2v) is 5.20. The Morgan fingerprint density at radius 2 is 2.10 bits per heavy atom. The van der Waals surface area contributed by atoms with Crippen LogP contribution >= 0.6 is 11.6 Å². The maximum atomic E-state index is 10.9. The van der Waals surface area contributed by atoms with Crippen molar-refractivity contribution in [3.05, 3.63) is 63.2 Å². The van der Waals surface area contributed by atoms with Gasteiger partial charge in [0.2, 0.25) is 0 Å². The van der Waals surface area contributed by atoms with Crippen molar-refractivity contribution >= 4 is 23.0 Å². The van der Waals surface area contributed by atoms with Crippen molar-refractivity contribution in [3.8, 4) is 5.75 Å². The SMILES string of the molecule is O=[N+]([O-])c1cc(NC2CCOc3ccccc32)ccc1Cl. The van der Waals surface area contributed by atoms with Gasteiger partial charge < -0.3 is 10.1 Å². The van der Waals surface area contributed by atoms with E-state index >= 15 is 0 Å². The lowest BCUT2D eigenvalue weighted by atomic mass is 10.0. The van der Waals surface area contributed by atoms with Crippen molar-refractivity contribution in [1.82, 2.24) is 0 Å². The molecule has 0 aliphatic carbocycles. The van der Waals surface area contributed by atoms with Gasteiger partial charge in [0.15, 0.2) is 0 Å². The van der Waals surface area contributed by atoms with Gasteiger partial charge in [-0.05, 0) is 18.2 Å². The molecule has 0 saturated carbocycles. The third kappa shape index (κ3) is 2.78. The third-order valence-corrected chi connectivity index (χ3v) is 3.76. The molecule has 1 N–H and O–H groups in total. The summed E-state index contributed by atoms with van der Waals surface area (Å²) in [6.07, 6.45) is 0.799. The van der Waals surface area contributed by atoms with Gasteiger partial charge in [0.25, 0.3) is 5.69 Å². The summed E-state index contributed by atoms with van der Waals surface area (Å²) in [6.45, 7) is 0.615. The zero-order valence-corrected chi connectivity index (χ0v) is 11.8. The molecule has 0 amide bonds. The fourth-order valence-electron chi connectivity index (χ4n) is 2.44. The lowest BCUT2D eigenvalue weighted by Gasteiger charge is -2.27. The number of ether oxygens (including phenoxy) is 1. The molecule has 108 valence electrons. The summed E-state index contributed by atoms with van der Waals surface area (Å²) >= 11 is 5.83. The highest BCUT2D eigenvalue weighted by molar-refractivity contribution is 6.32. The van der Waals surface area contributed by atoms with Gasteiger partial charge in [0.05, 0.1) is 17.6 Å². The average molecular weight is 305 g/mol. The van der Waals surface area contributed by atoms with Crippen LogP contribution in [-0.2, 0) is 0 Å². The Bertz CT molecular complexity index is 690. The zero-order valence-electron chi connectivity index (χ0n) is 11.1. The van der Waals surface area contributed by atoms with Crippen molar-refractivity contribution in [3.63, 3.8) is 0 Å². The van der Waals surface area contributed by atoms with Crippen molar-refractivity contribution in [1.29, 1.82) is 0 Å². The Hall–Kier alpha value is -2.27. The first-order chi connectivity index (χ1) is 10.1. The van der Waals surface area contributed by atoms with Crippen LogP contribution in [0.15, 0.2) is 42.5 Å². The van der Waals surface area contributed by atoms with E-state index in [1.54, 1.807) is 6.07 Å². The summed E-state index contributed by atoms with van der Waals surface area (Å²) in [5, 5.41) is 14.4. The van der Waals surface area contributed by atoms with Crippen LogP contribution in [0.5, 0.6) is 5.75 Å². The lowest BCUT2D eigenvalue weighted by Crippen LogP contribution is -2.20. The number of hydrogen-bond donors (Lipinski definition) is 1. The van der Waals surface area contributed by atoms with Crippen LogP contribution in [0.4, 0.5) is 11.4 Å². The van der Waals surface area contributed by atoms with E-state index < -0.39 is 4.92 Å². The van der Waals surface area contributed by atoms with Crippen LogP contribution in [-0.4, -0.2) is 11.5 Å². The van der Waals surface area contributed by atoms with Crippen LogP contribution in [0.1, 0.15) is 18.0 Å². The van der Waals surface area contributed by atoms with Gasteiger partial charge >= 0.3 is 0 Å². The molecule has 0 spiro atoms. The first kappa shape index (κ1) is 13.7. The van der Waals surface area contributed by atoms with Crippen molar-refractivity contribution in [2.24, 2.45) is 0 Å². The minimum absolute atomic E-state index is 0.0655. The van der Waals surface area contributed by atoms with Gasteiger partial charge in [0.1, 0.15) is 10.8 Å². The molecule has 0 aromatic heterocycles. The Morgan fingerprint density at radius 1 is 1.29 bits per heavy atom. The van der Waals surface area contributed by atoms with Crippen LogP contribution in [0.3, 0.4) is 0 Å². The lowest BCUT2D eigenvalue weighted by molar-refractivity contribution is -0.384. The highest BCUT2D eigenvalue weighted by Gasteiger charge is 2.22. The van der Waals surface area contributed by atoms with Gasteiger partial charge in [-0.3, -0.25) is 10.1 Å². The van der Waals surface area contributed by atoms with Gasteiger partial charge in [0, 0.05) is 23.7 Å². The number of fused-ring (bicyclic) bond motifs is 1. The Kier molecular flexibility index (Phi) is 3.66. The van der Waals surface area contributed by atoms with Crippen LogP contribution < -0.4 is 10.1 Å². The predicted octanol–water partition coefficient (Wildman–Crippen LogP) is 4.18. The van der Waals surface area contributed by atoms with Crippen molar-refractivity contribution in [2.45, 2.75) is 12.5 Å². The Morgan fingerprint density at radius 3 is 2.90 bits per heavy atom. The quantitative estimate of drug-likeness (QED) is 0.682. The molecule has 1 heterocycles. The highest BCUT2D eigenvalue weighted by atomic mass is 35.5. The van der Waals surface area contributed by atoms with Crippen LogP contribution in [0, 0.1) is 10.1 Å². The summed E-state index contributed by atoms with van der Waals surface area (Å²) in [7, 11) is 0. The number of rotatable bonds is 3. The largest absolute Gasteiger partial charge is 0.493 e. The zero-order chi connectivity index (χ0) is 14.8. The first-order valence-corrected chi connectivity index (χ1v) is 6.95. The minimum Gasteiger partial charge on any atom is -0.493 e. The van der Waals surface area contributed by atoms with Gasteiger partial charge in [-0.1, -0.05) is 29.8 Å². The van der Waals surface area contributed by atoms with Gasteiger partial charge in [-0.2, -0.15) is 0 Å². The Labute approximate surface area is 126 Å². The predicted molar refractivity (Wildman–Crippen MR) is 81.0 cm³/mol. The molecule has 0 bridgehead atoms. The smallest absolute Gasteiger partial charge is 0.289 e.